The van der Waals surface area contributed by atoms with Crippen LogP contribution in [0.25, 0.3) is 22.9 Å². The third-order valence-corrected chi connectivity index (χ3v) is 3.71. The van der Waals surface area contributed by atoms with Gasteiger partial charge in [0.2, 0.25) is 5.88 Å². The number of nitrogens with zero attached hydrogens (tertiary/aromatic N) is 4. The highest BCUT2D eigenvalue weighted by atomic mass is 35.5. The number of benzene rings is 1. The van der Waals surface area contributed by atoms with Crippen LogP contribution in [0.4, 0.5) is 0 Å². The maximum atomic E-state index is 6.18. The molecule has 0 aliphatic carbocycles. The normalized spacial score (nSPS) is 10.6. The Kier molecular flexibility index (Phi) is 4.32. The van der Waals surface area contributed by atoms with Crippen LogP contribution in [0.15, 0.2) is 43.2 Å². The van der Waals surface area contributed by atoms with Crippen LogP contribution in [-0.4, -0.2) is 27.1 Å². The Balaban J connectivity index is 2.27. The van der Waals surface area contributed by atoms with Crippen LogP contribution < -0.4 is 4.74 Å². The third-order valence-electron chi connectivity index (χ3n) is 3.30. The molecule has 0 bridgehead atoms. The highest BCUT2D eigenvalue weighted by Gasteiger charge is 2.14. The van der Waals surface area contributed by atoms with Crippen molar-refractivity contribution in [3.63, 3.8) is 0 Å². The molecule has 116 valence electrons. The molecule has 0 aliphatic heterocycles. The van der Waals surface area contributed by atoms with Crippen LogP contribution in [0.1, 0.15) is 5.56 Å². The summed E-state index contributed by atoms with van der Waals surface area (Å²) < 4.78 is 6.81. The van der Waals surface area contributed by atoms with Crippen LogP contribution in [0, 0.1) is 0 Å². The molecule has 2 aromatic heterocycles. The van der Waals surface area contributed by atoms with E-state index in [-0.39, 0.29) is 0 Å². The minimum atomic E-state index is 0.308. The predicted molar refractivity (Wildman–Crippen MR) is 91.3 cm³/mol. The Hall–Kier alpha value is -2.37. The quantitative estimate of drug-likeness (QED) is 0.707. The minimum absolute atomic E-state index is 0.308. The van der Waals surface area contributed by atoms with Crippen molar-refractivity contribution in [3.8, 4) is 22.7 Å². The van der Waals surface area contributed by atoms with Gasteiger partial charge in [0.1, 0.15) is 0 Å². The summed E-state index contributed by atoms with van der Waals surface area (Å²) in [5.74, 6) is 0.494. The van der Waals surface area contributed by atoms with Crippen molar-refractivity contribution >= 4 is 29.3 Å². The van der Waals surface area contributed by atoms with Gasteiger partial charge in [0.25, 0.3) is 0 Å². The number of halogens is 2. The minimum Gasteiger partial charge on any atom is -0.481 e. The fourth-order valence-corrected chi connectivity index (χ4v) is 2.54. The summed E-state index contributed by atoms with van der Waals surface area (Å²) in [5.41, 5.74) is 3.34. The van der Waals surface area contributed by atoms with Crippen LogP contribution in [0.5, 0.6) is 5.88 Å². The van der Waals surface area contributed by atoms with Crippen molar-refractivity contribution in [2.75, 3.05) is 7.11 Å². The maximum absolute atomic E-state index is 6.18. The predicted octanol–water partition coefficient (Wildman–Crippen LogP) is 4.29. The molecule has 0 aliphatic rings. The van der Waals surface area contributed by atoms with Gasteiger partial charge in [0.15, 0.2) is 5.15 Å². The standard InChI is InChI=1S/C16H12Cl2N4O/c1-3-10-8-19-16(23-2)7-12(10)13-6-11(17)4-5-14(13)22-9-15(18)20-21-22/h3-9H,1H2,2H3. The molecule has 0 unspecified atom stereocenters. The van der Waals surface area contributed by atoms with E-state index in [2.05, 4.69) is 21.9 Å². The largest absolute Gasteiger partial charge is 0.481 e. The fourth-order valence-electron chi connectivity index (χ4n) is 2.24. The SMILES string of the molecule is C=Cc1cnc(OC)cc1-c1cc(Cl)ccc1-n1cc(Cl)nn1. The Morgan fingerprint density at radius 3 is 2.70 bits per heavy atom. The molecule has 0 N–H and O–H groups in total. The first kappa shape index (κ1) is 15.5. The molecular weight excluding hydrogens is 335 g/mol. The van der Waals surface area contributed by atoms with Gasteiger partial charge in [0, 0.05) is 28.4 Å². The third kappa shape index (κ3) is 3.06. The zero-order chi connectivity index (χ0) is 16.4. The second kappa shape index (κ2) is 6.40. The number of aromatic nitrogens is 4. The Labute approximate surface area is 143 Å². The van der Waals surface area contributed by atoms with E-state index < -0.39 is 0 Å². The zero-order valence-corrected chi connectivity index (χ0v) is 13.7. The highest BCUT2D eigenvalue weighted by molar-refractivity contribution is 6.31. The first-order valence-corrected chi connectivity index (χ1v) is 7.42. The Bertz CT molecular complexity index is 876. The summed E-state index contributed by atoms with van der Waals surface area (Å²) in [6.07, 6.45) is 5.04. The molecule has 0 atom stereocenters. The average Bonchev–Trinajstić information content (AvgIpc) is 3.00. The van der Waals surface area contributed by atoms with Crippen molar-refractivity contribution in [2.24, 2.45) is 0 Å². The van der Waals surface area contributed by atoms with E-state index in [0.29, 0.717) is 16.1 Å². The number of hydrogen-bond donors (Lipinski definition) is 0. The summed E-state index contributed by atoms with van der Waals surface area (Å²) >= 11 is 12.1. The zero-order valence-electron chi connectivity index (χ0n) is 12.2. The fraction of sp³-hybridized carbons (Fsp3) is 0.0625. The molecule has 0 spiro atoms. The lowest BCUT2D eigenvalue weighted by Gasteiger charge is -2.13. The molecule has 0 saturated heterocycles. The van der Waals surface area contributed by atoms with E-state index in [1.54, 1.807) is 36.3 Å². The molecule has 3 aromatic rings. The van der Waals surface area contributed by atoms with Gasteiger partial charge in [-0.3, -0.25) is 0 Å². The number of hydrogen-bond acceptors (Lipinski definition) is 4. The van der Waals surface area contributed by atoms with E-state index in [1.807, 2.05) is 18.2 Å². The van der Waals surface area contributed by atoms with Crippen molar-refractivity contribution in [3.05, 3.63) is 59.0 Å². The van der Waals surface area contributed by atoms with E-state index >= 15 is 0 Å². The van der Waals surface area contributed by atoms with Crippen LogP contribution in [0.3, 0.4) is 0 Å². The second-order valence-corrected chi connectivity index (χ2v) is 5.49. The highest BCUT2D eigenvalue weighted by Crippen LogP contribution is 2.34. The first-order chi connectivity index (χ1) is 11.1. The van der Waals surface area contributed by atoms with Crippen LogP contribution in [0.2, 0.25) is 10.2 Å². The monoisotopic (exact) mass is 346 g/mol. The summed E-state index contributed by atoms with van der Waals surface area (Å²) in [4.78, 5) is 4.20. The van der Waals surface area contributed by atoms with Crippen molar-refractivity contribution in [1.82, 2.24) is 20.0 Å². The molecule has 23 heavy (non-hydrogen) atoms. The van der Waals surface area contributed by atoms with Gasteiger partial charge in [-0.25, -0.2) is 9.67 Å². The van der Waals surface area contributed by atoms with Gasteiger partial charge in [-0.05, 0) is 23.8 Å². The summed E-state index contributed by atoms with van der Waals surface area (Å²) in [7, 11) is 1.57. The molecule has 0 amide bonds. The molecular formula is C16H12Cl2N4O. The Morgan fingerprint density at radius 1 is 1.22 bits per heavy atom. The van der Waals surface area contributed by atoms with Crippen molar-refractivity contribution < 1.29 is 4.74 Å². The van der Waals surface area contributed by atoms with E-state index in [4.69, 9.17) is 27.9 Å². The number of ether oxygens (including phenoxy) is 1. The second-order valence-electron chi connectivity index (χ2n) is 4.67. The molecule has 2 heterocycles. The topological polar surface area (TPSA) is 52.8 Å². The molecule has 0 saturated carbocycles. The van der Waals surface area contributed by atoms with Gasteiger partial charge < -0.3 is 4.74 Å². The summed E-state index contributed by atoms with van der Waals surface area (Å²) in [6, 6.07) is 7.30. The molecule has 3 rings (SSSR count). The van der Waals surface area contributed by atoms with Crippen molar-refractivity contribution in [1.29, 1.82) is 0 Å². The molecule has 0 fully saturated rings. The molecule has 5 nitrogen and oxygen atoms in total. The molecule has 1 aromatic carbocycles. The van der Waals surface area contributed by atoms with Gasteiger partial charge in [-0.2, -0.15) is 0 Å². The maximum Gasteiger partial charge on any atom is 0.213 e. The van der Waals surface area contributed by atoms with Gasteiger partial charge in [0.05, 0.1) is 19.0 Å². The molecule has 7 heteroatoms. The smallest absolute Gasteiger partial charge is 0.213 e. The first-order valence-electron chi connectivity index (χ1n) is 6.67. The summed E-state index contributed by atoms with van der Waals surface area (Å²) in [6.45, 7) is 3.83. The Morgan fingerprint density at radius 2 is 2.04 bits per heavy atom. The lowest BCUT2D eigenvalue weighted by atomic mass is 10.00. The van der Waals surface area contributed by atoms with E-state index in [0.717, 1.165) is 22.4 Å². The number of methoxy groups -OCH3 is 1. The van der Waals surface area contributed by atoms with E-state index in [1.165, 1.54) is 0 Å². The van der Waals surface area contributed by atoms with Crippen LogP contribution in [-0.2, 0) is 0 Å². The average molecular weight is 347 g/mol. The van der Waals surface area contributed by atoms with Crippen molar-refractivity contribution in [2.45, 2.75) is 0 Å². The molecule has 0 radical (unpaired) electrons. The lowest BCUT2D eigenvalue weighted by Crippen LogP contribution is -2.00. The van der Waals surface area contributed by atoms with Gasteiger partial charge >= 0.3 is 0 Å². The number of rotatable bonds is 4. The van der Waals surface area contributed by atoms with Gasteiger partial charge in [-0.1, -0.05) is 41.1 Å². The number of pyridine rings is 1. The van der Waals surface area contributed by atoms with Gasteiger partial charge in [-0.15, -0.1) is 5.10 Å². The van der Waals surface area contributed by atoms with E-state index in [9.17, 15) is 0 Å². The van der Waals surface area contributed by atoms with Crippen LogP contribution >= 0.6 is 23.2 Å². The summed E-state index contributed by atoms with van der Waals surface area (Å²) in [5, 5.41) is 8.74. The lowest BCUT2D eigenvalue weighted by molar-refractivity contribution is 0.398.